The van der Waals surface area contributed by atoms with Crippen LogP contribution in [0.3, 0.4) is 0 Å². The average Bonchev–Trinajstić information content (AvgIpc) is 3.11. The zero-order chi connectivity index (χ0) is 42.6. The van der Waals surface area contributed by atoms with Crippen LogP contribution >= 0.6 is 0 Å². The number of esters is 4. The monoisotopic (exact) mass is 830 g/mol. The number of nitrogens with one attached hydrogen (secondary N) is 2. The number of amides is 2. The molecule has 2 aliphatic rings. The number of aliphatic hydroxyl groups is 1. The number of hydrogen-bond acceptors (Lipinski definition) is 18. The molecule has 2 saturated heterocycles. The highest BCUT2D eigenvalue weighted by Crippen LogP contribution is 2.34. The molecule has 318 valence electrons. The summed E-state index contributed by atoms with van der Waals surface area (Å²) in [6.07, 6.45) is -11.6. The van der Waals surface area contributed by atoms with Gasteiger partial charge >= 0.3 is 23.9 Å². The van der Waals surface area contributed by atoms with Gasteiger partial charge in [-0.05, 0) is 32.9 Å². The van der Waals surface area contributed by atoms with E-state index in [1.54, 1.807) is 18.2 Å². The number of aliphatic hydroxyl groups excluding tert-OH is 1. The average molecular weight is 831 g/mol. The van der Waals surface area contributed by atoms with E-state index in [1.165, 1.54) is 32.9 Å². The van der Waals surface area contributed by atoms with Gasteiger partial charge in [-0.1, -0.05) is 18.2 Å². The fraction of sp³-hybridized carbons (Fsp3) is 0.639. The first-order chi connectivity index (χ1) is 26.7. The molecule has 0 saturated carbocycles. The van der Waals surface area contributed by atoms with Crippen LogP contribution in [-0.4, -0.2) is 142 Å². The van der Waals surface area contributed by atoms with Crippen molar-refractivity contribution < 1.29 is 85.0 Å². The number of benzene rings is 1. The van der Waals surface area contributed by atoms with Crippen LogP contribution < -0.4 is 10.6 Å². The Hall–Kier alpha value is -4.54. The maximum absolute atomic E-state index is 13.3. The second kappa shape index (κ2) is 21.3. The van der Waals surface area contributed by atoms with Crippen LogP contribution in [0, 0.1) is 5.92 Å². The number of Topliss-reactive ketones (excluding diaryl/α,β-unsaturated/α-hetero) is 1. The molecule has 2 amide bonds. The van der Waals surface area contributed by atoms with E-state index in [2.05, 4.69) is 10.6 Å². The zero-order valence-electron chi connectivity index (χ0n) is 32.6. The van der Waals surface area contributed by atoms with Gasteiger partial charge in [0.05, 0.1) is 22.7 Å². The smallest absolute Gasteiger partial charge is 0.328 e. The summed E-state index contributed by atoms with van der Waals surface area (Å²) < 4.78 is 70.1. The van der Waals surface area contributed by atoms with Crippen LogP contribution in [-0.2, 0) is 81.3 Å². The lowest BCUT2D eigenvalue weighted by molar-refractivity contribution is -0.322. The standard InChI is InChI=1S/C36H50N2O18S/c1-18(35(46)49-13-14-57(47,48)25-11-9-8-10-12-25)37-34(45)20(3)52-26-15-29(44)54-28(17-51-23(6)42)32(26)56-36-31(38-21(4)40)33(53-24(7)43)30(19(2)39)27(55-36)16-50-22(5)41/h8-12,18,20,26-33,36,44H,13-17H2,1-7H3,(H,37,45)(H,38,40)/t18-,20+,26+,27-,28?,29-,30+,31?,32-,33?,36-/m0/s1. The highest BCUT2D eigenvalue weighted by molar-refractivity contribution is 7.91. The summed E-state index contributed by atoms with van der Waals surface area (Å²) in [7, 11) is -3.74. The number of carbonyl (C=O) groups is 7. The third-order valence-corrected chi connectivity index (χ3v) is 10.4. The Morgan fingerprint density at radius 2 is 1.46 bits per heavy atom. The van der Waals surface area contributed by atoms with Gasteiger partial charge in [0, 0.05) is 34.1 Å². The number of ketones is 1. The molecule has 2 fully saturated rings. The maximum Gasteiger partial charge on any atom is 0.328 e. The van der Waals surface area contributed by atoms with Crippen molar-refractivity contribution in [2.24, 2.45) is 5.92 Å². The summed E-state index contributed by atoms with van der Waals surface area (Å²) in [6.45, 7) is 6.78. The van der Waals surface area contributed by atoms with Crippen LogP contribution in [0.4, 0.5) is 0 Å². The lowest BCUT2D eigenvalue weighted by atomic mass is 9.84. The third kappa shape index (κ3) is 14.1. The molecular weight excluding hydrogens is 780 g/mol. The highest BCUT2D eigenvalue weighted by atomic mass is 32.2. The molecule has 0 aliphatic carbocycles. The fourth-order valence-electron chi connectivity index (χ4n) is 6.15. The van der Waals surface area contributed by atoms with Gasteiger partial charge in [-0.15, -0.1) is 0 Å². The molecule has 20 nitrogen and oxygen atoms in total. The van der Waals surface area contributed by atoms with Crippen LogP contribution in [0.25, 0.3) is 0 Å². The fourth-order valence-corrected chi connectivity index (χ4v) is 7.26. The molecule has 0 bridgehead atoms. The van der Waals surface area contributed by atoms with E-state index >= 15 is 0 Å². The normalized spacial score (nSPS) is 27.1. The second-order valence-electron chi connectivity index (χ2n) is 13.4. The minimum Gasteiger partial charge on any atom is -0.463 e. The number of sulfone groups is 1. The summed E-state index contributed by atoms with van der Waals surface area (Å²) >= 11 is 0. The number of hydrogen-bond donors (Lipinski definition) is 3. The van der Waals surface area contributed by atoms with Crippen LogP contribution in [0.5, 0.6) is 0 Å². The molecule has 0 spiro atoms. The van der Waals surface area contributed by atoms with Gasteiger partial charge in [0.2, 0.25) is 11.8 Å². The summed E-state index contributed by atoms with van der Waals surface area (Å²) in [5.41, 5.74) is 0. The van der Waals surface area contributed by atoms with E-state index in [-0.39, 0.29) is 11.3 Å². The molecule has 3 rings (SSSR count). The van der Waals surface area contributed by atoms with Crippen LogP contribution in [0.1, 0.15) is 54.9 Å². The SMILES string of the molecule is CC(=O)NC1C(OC(C)=O)[C@H](C(C)=O)[C@H](COC(C)=O)O[C@H]1O[C@@H]1C(COC(C)=O)O[C@H](O)C[C@H]1O[C@H](C)C(=O)N[C@@H](C)C(=O)OCCS(=O)(=O)c1ccccc1. The van der Waals surface area contributed by atoms with Gasteiger partial charge in [0.1, 0.15) is 68.2 Å². The van der Waals surface area contributed by atoms with Crippen LogP contribution in [0.2, 0.25) is 0 Å². The van der Waals surface area contributed by atoms with Gasteiger partial charge in [-0.2, -0.15) is 0 Å². The molecule has 3 unspecified atom stereocenters. The highest BCUT2D eigenvalue weighted by Gasteiger charge is 2.53. The largest absolute Gasteiger partial charge is 0.463 e. The molecular formula is C36H50N2O18S. The van der Waals surface area contributed by atoms with Crippen molar-refractivity contribution in [3.63, 3.8) is 0 Å². The molecule has 1 aromatic rings. The van der Waals surface area contributed by atoms with E-state index in [1.807, 2.05) is 0 Å². The van der Waals surface area contributed by atoms with E-state index in [4.69, 9.17) is 37.9 Å². The lowest BCUT2D eigenvalue weighted by Gasteiger charge is -2.48. The number of ether oxygens (including phenoxy) is 8. The van der Waals surface area contributed by atoms with Crippen molar-refractivity contribution in [1.29, 1.82) is 0 Å². The second-order valence-corrected chi connectivity index (χ2v) is 15.5. The summed E-state index contributed by atoms with van der Waals surface area (Å²) in [5.74, 6) is -7.00. The minimum atomic E-state index is -3.74. The number of rotatable bonds is 18. The maximum atomic E-state index is 13.3. The minimum absolute atomic E-state index is 0.0518. The molecule has 11 atom stereocenters. The van der Waals surface area contributed by atoms with E-state index < -0.39 is 144 Å². The molecule has 2 heterocycles. The molecule has 0 radical (unpaired) electrons. The van der Waals surface area contributed by atoms with Crippen LogP contribution in [0.15, 0.2) is 35.2 Å². The molecule has 0 aromatic heterocycles. The Kier molecular flexibility index (Phi) is 17.5. The van der Waals surface area contributed by atoms with E-state index in [0.717, 1.165) is 27.7 Å². The van der Waals surface area contributed by atoms with E-state index in [0.29, 0.717) is 0 Å². The van der Waals surface area contributed by atoms with Gasteiger partial charge in [-0.25, -0.2) is 13.2 Å². The van der Waals surface area contributed by atoms with Gasteiger partial charge < -0.3 is 53.6 Å². The Labute approximate surface area is 329 Å². The zero-order valence-corrected chi connectivity index (χ0v) is 33.4. The first kappa shape index (κ1) is 46.8. The Morgan fingerprint density at radius 1 is 0.842 bits per heavy atom. The van der Waals surface area contributed by atoms with Crippen molar-refractivity contribution in [1.82, 2.24) is 10.6 Å². The predicted molar refractivity (Wildman–Crippen MR) is 191 cm³/mol. The Morgan fingerprint density at radius 3 is 2.02 bits per heavy atom. The molecule has 1 aromatic carbocycles. The van der Waals surface area contributed by atoms with Crippen molar-refractivity contribution in [2.45, 2.75) is 121 Å². The van der Waals surface area contributed by atoms with Gasteiger partial charge in [0.25, 0.3) is 0 Å². The first-order valence-corrected chi connectivity index (χ1v) is 19.6. The lowest BCUT2D eigenvalue weighted by Crippen LogP contribution is -2.66. The van der Waals surface area contributed by atoms with Crippen molar-refractivity contribution in [3.05, 3.63) is 30.3 Å². The van der Waals surface area contributed by atoms with Gasteiger partial charge in [0.15, 0.2) is 22.4 Å². The first-order valence-electron chi connectivity index (χ1n) is 18.0. The van der Waals surface area contributed by atoms with Gasteiger partial charge in [-0.3, -0.25) is 28.8 Å². The quantitative estimate of drug-likeness (QED) is 0.121. The molecule has 21 heteroatoms. The Balaban J connectivity index is 1.85. The molecule has 3 N–H and O–H groups in total. The summed E-state index contributed by atoms with van der Waals surface area (Å²) in [5, 5.41) is 15.7. The van der Waals surface area contributed by atoms with E-state index in [9.17, 15) is 47.1 Å². The Bertz CT molecular complexity index is 1710. The van der Waals surface area contributed by atoms with Crippen molar-refractivity contribution >= 4 is 51.3 Å². The molecule has 57 heavy (non-hydrogen) atoms. The third-order valence-electron chi connectivity index (χ3n) is 8.70. The predicted octanol–water partition coefficient (Wildman–Crippen LogP) is -0.733. The van der Waals surface area contributed by atoms with Crippen molar-refractivity contribution in [2.75, 3.05) is 25.6 Å². The summed E-state index contributed by atoms with van der Waals surface area (Å²) in [4.78, 5) is 87.3. The summed E-state index contributed by atoms with van der Waals surface area (Å²) in [6, 6.07) is 4.92. The van der Waals surface area contributed by atoms with Crippen molar-refractivity contribution in [3.8, 4) is 0 Å². The topological polar surface area (TPSA) is 272 Å². The molecule has 2 aliphatic heterocycles. The number of carbonyl (C=O) groups excluding carboxylic acids is 7.